The Bertz CT molecular complexity index is 1370. The molecular weight excluding hydrogens is 484 g/mol. The van der Waals surface area contributed by atoms with E-state index >= 15 is 0 Å². The Hall–Kier alpha value is -4.14. The lowest BCUT2D eigenvalue weighted by Gasteiger charge is -2.20. The number of amides is 1. The molecule has 0 saturated carbocycles. The number of rotatable bonds is 9. The Labute approximate surface area is 211 Å². The van der Waals surface area contributed by atoms with Crippen molar-refractivity contribution >= 4 is 23.5 Å². The number of nitrogens with one attached hydrogen (secondary N) is 1. The van der Waals surface area contributed by atoms with Gasteiger partial charge in [0.15, 0.2) is 17.6 Å². The molecule has 0 fully saturated rings. The van der Waals surface area contributed by atoms with Crippen LogP contribution in [-0.2, 0) is 11.2 Å². The fourth-order valence-electron chi connectivity index (χ4n) is 3.80. The molecule has 8 nitrogen and oxygen atoms in total. The van der Waals surface area contributed by atoms with E-state index in [0.29, 0.717) is 10.6 Å². The van der Waals surface area contributed by atoms with E-state index in [1.165, 1.54) is 12.1 Å². The van der Waals surface area contributed by atoms with Gasteiger partial charge in [0.05, 0.1) is 5.56 Å². The Morgan fingerprint density at radius 1 is 0.972 bits per heavy atom. The normalized spacial score (nSPS) is 12.6. The van der Waals surface area contributed by atoms with Crippen molar-refractivity contribution in [3.63, 3.8) is 0 Å². The van der Waals surface area contributed by atoms with E-state index < -0.39 is 24.0 Å². The predicted molar refractivity (Wildman–Crippen MR) is 134 cm³/mol. The number of carbonyl (C=O) groups is 2. The van der Waals surface area contributed by atoms with Gasteiger partial charge in [-0.15, -0.1) is 0 Å². The summed E-state index contributed by atoms with van der Waals surface area (Å²) in [7, 11) is 0. The summed E-state index contributed by atoms with van der Waals surface area (Å²) < 4.78 is 5.21. The molecule has 1 heterocycles. The number of benzene rings is 3. The van der Waals surface area contributed by atoms with E-state index in [2.05, 4.69) is 10.5 Å². The molecule has 4 aromatic rings. The number of nitrogens with zero attached hydrogens (tertiary/aromatic N) is 1. The predicted octanol–water partition coefficient (Wildman–Crippen LogP) is 4.54. The van der Waals surface area contributed by atoms with Crippen LogP contribution in [-0.4, -0.2) is 44.5 Å². The highest BCUT2D eigenvalue weighted by Crippen LogP contribution is 2.29. The van der Waals surface area contributed by atoms with Crippen molar-refractivity contribution in [1.29, 1.82) is 0 Å². The van der Waals surface area contributed by atoms with Crippen LogP contribution >= 0.6 is 11.6 Å². The number of aliphatic hydroxyl groups excluding tert-OH is 1. The van der Waals surface area contributed by atoms with Gasteiger partial charge in [-0.3, -0.25) is 4.79 Å². The quantitative estimate of drug-likeness (QED) is 0.262. The first kappa shape index (κ1) is 25.0. The van der Waals surface area contributed by atoms with E-state index in [-0.39, 0.29) is 30.0 Å². The molecule has 2 atom stereocenters. The molecule has 4 N–H and O–H groups in total. The van der Waals surface area contributed by atoms with Crippen LogP contribution in [0.2, 0.25) is 5.02 Å². The molecule has 1 amide bonds. The molecular formula is C27H23ClN2O6. The van der Waals surface area contributed by atoms with E-state index in [1.54, 1.807) is 24.3 Å². The second kappa shape index (κ2) is 11.1. The van der Waals surface area contributed by atoms with Crippen molar-refractivity contribution in [2.24, 2.45) is 0 Å². The third-order valence-electron chi connectivity index (χ3n) is 5.63. The maximum absolute atomic E-state index is 12.9. The minimum atomic E-state index is -1.66. The monoisotopic (exact) mass is 506 g/mol. The van der Waals surface area contributed by atoms with E-state index in [9.17, 15) is 19.8 Å². The van der Waals surface area contributed by atoms with Crippen LogP contribution in [0.25, 0.3) is 22.5 Å². The average Bonchev–Trinajstić information content (AvgIpc) is 3.35. The van der Waals surface area contributed by atoms with Crippen LogP contribution in [0.4, 0.5) is 0 Å². The summed E-state index contributed by atoms with van der Waals surface area (Å²) in [6, 6.07) is 22.1. The number of carbonyl (C=O) groups excluding carboxylic acids is 1. The smallest absolute Gasteiger partial charge is 0.332 e. The van der Waals surface area contributed by atoms with Crippen molar-refractivity contribution in [1.82, 2.24) is 10.5 Å². The molecule has 3 aromatic carbocycles. The molecule has 4 rings (SSSR count). The SMILES string of the molecule is O=C(N[C@H](Cc1ccc(-c2cccc(Cl)c2)cc1)C[C@@H](O)C(=O)O)c1cc(-c2ccccc2O)on1. The van der Waals surface area contributed by atoms with Gasteiger partial charge in [0.1, 0.15) is 5.75 Å². The van der Waals surface area contributed by atoms with E-state index in [4.69, 9.17) is 21.2 Å². The average molecular weight is 507 g/mol. The number of aliphatic carboxylic acids is 1. The molecule has 184 valence electrons. The molecule has 9 heteroatoms. The first-order valence-electron chi connectivity index (χ1n) is 11.1. The van der Waals surface area contributed by atoms with Gasteiger partial charge in [0.25, 0.3) is 5.91 Å². The third-order valence-corrected chi connectivity index (χ3v) is 5.87. The summed E-state index contributed by atoms with van der Waals surface area (Å²) in [5, 5.41) is 36.2. The van der Waals surface area contributed by atoms with Crippen LogP contribution in [0.5, 0.6) is 5.75 Å². The van der Waals surface area contributed by atoms with Crippen LogP contribution < -0.4 is 5.32 Å². The molecule has 0 aliphatic heterocycles. The van der Waals surface area contributed by atoms with Gasteiger partial charge in [-0.25, -0.2) is 4.79 Å². The summed E-state index contributed by atoms with van der Waals surface area (Å²) in [6.45, 7) is 0. The Balaban J connectivity index is 1.50. The van der Waals surface area contributed by atoms with Gasteiger partial charge in [0, 0.05) is 23.6 Å². The summed E-state index contributed by atoms with van der Waals surface area (Å²) in [5.41, 5.74) is 3.07. The van der Waals surface area contributed by atoms with Gasteiger partial charge >= 0.3 is 5.97 Å². The lowest BCUT2D eigenvalue weighted by molar-refractivity contribution is -0.147. The molecule has 0 radical (unpaired) electrons. The van der Waals surface area contributed by atoms with Crippen molar-refractivity contribution < 1.29 is 29.4 Å². The van der Waals surface area contributed by atoms with E-state index in [1.807, 2.05) is 42.5 Å². The molecule has 0 aliphatic carbocycles. The summed E-state index contributed by atoms with van der Waals surface area (Å²) in [6.07, 6.45) is -1.59. The summed E-state index contributed by atoms with van der Waals surface area (Å²) in [4.78, 5) is 24.1. The molecule has 1 aromatic heterocycles. The molecule has 0 bridgehead atoms. The first-order valence-corrected chi connectivity index (χ1v) is 11.5. The molecule has 36 heavy (non-hydrogen) atoms. The number of aromatic hydroxyl groups is 1. The zero-order chi connectivity index (χ0) is 25.7. The lowest BCUT2D eigenvalue weighted by Crippen LogP contribution is -2.40. The Morgan fingerprint density at radius 2 is 1.72 bits per heavy atom. The topological polar surface area (TPSA) is 133 Å². The number of carboxylic acid groups (broad SMARTS) is 1. The third kappa shape index (κ3) is 6.10. The van der Waals surface area contributed by atoms with Crippen LogP contribution in [0.1, 0.15) is 22.5 Å². The number of phenolic OH excluding ortho intramolecular Hbond substituents is 1. The van der Waals surface area contributed by atoms with Crippen molar-refractivity contribution in [3.8, 4) is 28.2 Å². The number of hydrogen-bond acceptors (Lipinski definition) is 6. The van der Waals surface area contributed by atoms with E-state index in [0.717, 1.165) is 16.7 Å². The minimum Gasteiger partial charge on any atom is -0.507 e. The first-order chi connectivity index (χ1) is 17.3. The molecule has 0 spiro atoms. The standard InChI is InChI=1S/C27H23ClN2O6/c28-19-5-3-4-18(13-19)17-10-8-16(9-11-17)12-20(14-24(32)27(34)35)29-26(33)22-15-25(36-30-22)21-6-1-2-7-23(21)31/h1-11,13,15,20,24,31-32H,12,14H2,(H,29,33)(H,34,35)/t20-,24-/m1/s1. The highest BCUT2D eigenvalue weighted by atomic mass is 35.5. The Kier molecular flexibility index (Phi) is 7.68. The van der Waals surface area contributed by atoms with Gasteiger partial charge in [0.2, 0.25) is 0 Å². The number of phenols is 1. The van der Waals surface area contributed by atoms with Crippen LogP contribution in [0.3, 0.4) is 0 Å². The van der Waals surface area contributed by atoms with Gasteiger partial charge in [-0.1, -0.05) is 65.3 Å². The number of para-hydroxylation sites is 1. The van der Waals surface area contributed by atoms with Gasteiger partial charge in [-0.05, 0) is 47.4 Å². The maximum atomic E-state index is 12.9. The van der Waals surface area contributed by atoms with Gasteiger partial charge in [-0.2, -0.15) is 0 Å². The number of carboxylic acids is 1. The molecule has 0 saturated heterocycles. The zero-order valence-corrected chi connectivity index (χ0v) is 19.7. The minimum absolute atomic E-state index is 0.0238. The van der Waals surface area contributed by atoms with Gasteiger partial charge < -0.3 is 25.2 Å². The van der Waals surface area contributed by atoms with Crippen LogP contribution in [0, 0.1) is 0 Å². The van der Waals surface area contributed by atoms with Crippen molar-refractivity contribution in [3.05, 3.63) is 95.1 Å². The highest BCUT2D eigenvalue weighted by molar-refractivity contribution is 6.30. The number of halogens is 1. The molecule has 0 unspecified atom stereocenters. The maximum Gasteiger partial charge on any atom is 0.332 e. The number of aromatic nitrogens is 1. The van der Waals surface area contributed by atoms with Crippen molar-refractivity contribution in [2.75, 3.05) is 0 Å². The fraction of sp³-hybridized carbons (Fsp3) is 0.148. The van der Waals surface area contributed by atoms with Crippen LogP contribution in [0.15, 0.2) is 83.4 Å². The van der Waals surface area contributed by atoms with Crippen molar-refractivity contribution in [2.45, 2.75) is 25.0 Å². The molecule has 0 aliphatic rings. The summed E-state index contributed by atoms with van der Waals surface area (Å²) in [5.74, 6) is -1.80. The Morgan fingerprint density at radius 3 is 2.42 bits per heavy atom. The number of aliphatic hydroxyl groups is 1. The fourth-order valence-corrected chi connectivity index (χ4v) is 3.99. The number of hydrogen-bond donors (Lipinski definition) is 4. The lowest BCUT2D eigenvalue weighted by atomic mass is 9.97. The highest BCUT2D eigenvalue weighted by Gasteiger charge is 2.24. The largest absolute Gasteiger partial charge is 0.507 e. The zero-order valence-electron chi connectivity index (χ0n) is 19.0. The second-order valence-electron chi connectivity index (χ2n) is 8.27. The second-order valence-corrected chi connectivity index (χ2v) is 8.70. The summed E-state index contributed by atoms with van der Waals surface area (Å²) >= 11 is 6.08.